The summed E-state index contributed by atoms with van der Waals surface area (Å²) in [5, 5.41) is 3.50. The van der Waals surface area contributed by atoms with E-state index in [0.29, 0.717) is 16.6 Å². The predicted molar refractivity (Wildman–Crippen MR) is 99.9 cm³/mol. The normalized spacial score (nSPS) is 17.2. The second kappa shape index (κ2) is 6.14. The number of aromatic nitrogens is 1. The number of carbonyl (C=O) groups excluding carboxylic acids is 1. The van der Waals surface area contributed by atoms with Gasteiger partial charge in [-0.25, -0.2) is 4.98 Å². The predicted octanol–water partition coefficient (Wildman–Crippen LogP) is 3.69. The van der Waals surface area contributed by atoms with E-state index in [2.05, 4.69) is 28.5 Å². The first-order valence-corrected chi connectivity index (χ1v) is 9.37. The van der Waals surface area contributed by atoms with E-state index in [0.717, 1.165) is 24.1 Å². The number of benzene rings is 2. The third kappa shape index (κ3) is 2.63. The Kier molecular flexibility index (Phi) is 3.64. The summed E-state index contributed by atoms with van der Waals surface area (Å²) in [7, 11) is 0. The molecule has 0 saturated heterocycles. The highest BCUT2D eigenvalue weighted by molar-refractivity contribution is 7.16. The number of aryl methyl sites for hydroxylation is 2. The zero-order valence-electron chi connectivity index (χ0n) is 13.9. The summed E-state index contributed by atoms with van der Waals surface area (Å²) >= 11 is 1.54. The van der Waals surface area contributed by atoms with Gasteiger partial charge in [-0.3, -0.25) is 10.1 Å². The average Bonchev–Trinajstić information content (AvgIpc) is 3.10. The van der Waals surface area contributed by atoms with Crippen molar-refractivity contribution >= 4 is 22.4 Å². The fourth-order valence-electron chi connectivity index (χ4n) is 3.34. The maximum atomic E-state index is 12.6. The van der Waals surface area contributed by atoms with E-state index >= 15 is 0 Å². The number of nitrogens with zero attached hydrogens (tertiary/aromatic N) is 1. The lowest BCUT2D eigenvalue weighted by atomic mass is 9.94. The van der Waals surface area contributed by atoms with Crippen molar-refractivity contribution in [3.8, 4) is 22.8 Å². The Morgan fingerprint density at radius 3 is 2.81 bits per heavy atom. The van der Waals surface area contributed by atoms with Crippen LogP contribution in [0.3, 0.4) is 0 Å². The first kappa shape index (κ1) is 15.4. The van der Waals surface area contributed by atoms with E-state index in [1.54, 1.807) is 6.07 Å². The molecule has 0 fully saturated rings. The van der Waals surface area contributed by atoms with Crippen LogP contribution in [0.1, 0.15) is 10.4 Å². The molecule has 0 saturated carbocycles. The molecule has 0 bridgehead atoms. The Morgan fingerprint density at radius 2 is 1.88 bits per heavy atom. The van der Waals surface area contributed by atoms with Gasteiger partial charge in [0.15, 0.2) is 16.6 Å². The first-order valence-electron chi connectivity index (χ1n) is 8.55. The third-order valence-corrected chi connectivity index (χ3v) is 5.65. The van der Waals surface area contributed by atoms with Crippen molar-refractivity contribution in [3.05, 3.63) is 59.0 Å². The van der Waals surface area contributed by atoms with E-state index in [1.807, 2.05) is 24.3 Å². The Morgan fingerprint density at radius 1 is 1.08 bits per heavy atom. The summed E-state index contributed by atoms with van der Waals surface area (Å²) < 4.78 is 11.4. The van der Waals surface area contributed by atoms with Gasteiger partial charge in [0.05, 0.1) is 5.69 Å². The molecule has 130 valence electrons. The molecule has 1 aliphatic heterocycles. The van der Waals surface area contributed by atoms with Crippen molar-refractivity contribution in [2.75, 3.05) is 11.9 Å². The van der Waals surface area contributed by atoms with Crippen LogP contribution in [0.4, 0.5) is 5.13 Å². The van der Waals surface area contributed by atoms with Gasteiger partial charge in [0, 0.05) is 10.4 Å². The van der Waals surface area contributed by atoms with Crippen molar-refractivity contribution in [3.63, 3.8) is 0 Å². The number of fused-ring (bicyclic) bond motifs is 4. The van der Waals surface area contributed by atoms with Crippen molar-refractivity contribution in [2.45, 2.75) is 18.9 Å². The molecule has 0 unspecified atom stereocenters. The highest BCUT2D eigenvalue weighted by Gasteiger charge is 2.29. The van der Waals surface area contributed by atoms with Gasteiger partial charge in [0.1, 0.15) is 6.61 Å². The first-order chi connectivity index (χ1) is 12.8. The number of nitrogens with one attached hydrogen (secondary N) is 1. The van der Waals surface area contributed by atoms with Gasteiger partial charge in [-0.15, -0.1) is 11.3 Å². The number of carbonyl (C=O) groups is 1. The van der Waals surface area contributed by atoms with Crippen LogP contribution in [0.25, 0.3) is 11.3 Å². The lowest BCUT2D eigenvalue weighted by molar-refractivity contribution is -0.125. The molecule has 1 amide bonds. The number of hydrogen-bond donors (Lipinski definition) is 1. The van der Waals surface area contributed by atoms with Crippen LogP contribution in [0.15, 0.2) is 48.5 Å². The minimum atomic E-state index is -0.682. The average molecular weight is 364 g/mol. The number of ether oxygens (including phenoxy) is 2. The number of amides is 1. The monoisotopic (exact) mass is 364 g/mol. The van der Waals surface area contributed by atoms with Crippen LogP contribution in [-0.2, 0) is 17.6 Å². The quantitative estimate of drug-likeness (QED) is 0.753. The molecule has 0 spiro atoms. The standard InChI is InChI=1S/C20H16N2O3S/c23-19(16-11-24-14-7-3-4-8-15(14)25-16)22-20-21-18-13-6-2-1-5-12(13)9-10-17(18)26-20/h1-8,16H,9-11H2,(H,21,22,23)/t16-/m1/s1. The highest BCUT2D eigenvalue weighted by Crippen LogP contribution is 2.38. The lowest BCUT2D eigenvalue weighted by Gasteiger charge is -2.25. The second-order valence-corrected chi connectivity index (χ2v) is 7.39. The van der Waals surface area contributed by atoms with Crippen molar-refractivity contribution in [1.29, 1.82) is 0 Å². The van der Waals surface area contributed by atoms with E-state index in [1.165, 1.54) is 21.8 Å². The minimum Gasteiger partial charge on any atom is -0.485 e. The van der Waals surface area contributed by atoms with Gasteiger partial charge in [-0.2, -0.15) is 0 Å². The summed E-state index contributed by atoms with van der Waals surface area (Å²) in [5.41, 5.74) is 3.46. The molecule has 26 heavy (non-hydrogen) atoms. The summed E-state index contributed by atoms with van der Waals surface area (Å²) in [4.78, 5) is 18.5. The zero-order valence-corrected chi connectivity index (χ0v) is 14.7. The van der Waals surface area contributed by atoms with Crippen LogP contribution in [0, 0.1) is 0 Å². The van der Waals surface area contributed by atoms with E-state index in [4.69, 9.17) is 9.47 Å². The van der Waals surface area contributed by atoms with Gasteiger partial charge >= 0.3 is 0 Å². The lowest BCUT2D eigenvalue weighted by Crippen LogP contribution is -2.40. The molecule has 5 rings (SSSR count). The smallest absolute Gasteiger partial charge is 0.270 e. The van der Waals surface area contributed by atoms with Crippen molar-refractivity contribution < 1.29 is 14.3 Å². The molecule has 5 nitrogen and oxygen atoms in total. The van der Waals surface area contributed by atoms with Gasteiger partial charge in [-0.1, -0.05) is 36.4 Å². The largest absolute Gasteiger partial charge is 0.485 e. The fraction of sp³-hybridized carbons (Fsp3) is 0.200. The molecule has 1 aromatic heterocycles. The number of para-hydroxylation sites is 2. The number of hydrogen-bond acceptors (Lipinski definition) is 5. The topological polar surface area (TPSA) is 60.5 Å². The second-order valence-electron chi connectivity index (χ2n) is 6.30. The third-order valence-electron chi connectivity index (χ3n) is 4.62. The van der Waals surface area contributed by atoms with Gasteiger partial charge in [0.25, 0.3) is 5.91 Å². The summed E-state index contributed by atoms with van der Waals surface area (Å²) in [6.07, 6.45) is 1.28. The minimum absolute atomic E-state index is 0.191. The van der Waals surface area contributed by atoms with Crippen molar-refractivity contribution in [2.24, 2.45) is 0 Å². The van der Waals surface area contributed by atoms with Crippen LogP contribution >= 0.6 is 11.3 Å². The van der Waals surface area contributed by atoms with Crippen LogP contribution < -0.4 is 14.8 Å². The molecule has 3 aromatic rings. The van der Waals surface area contributed by atoms with E-state index in [-0.39, 0.29) is 12.5 Å². The maximum Gasteiger partial charge on any atom is 0.270 e. The maximum absolute atomic E-state index is 12.6. The number of thiazole rings is 1. The van der Waals surface area contributed by atoms with E-state index in [9.17, 15) is 4.79 Å². The molecule has 2 aliphatic rings. The van der Waals surface area contributed by atoms with Crippen LogP contribution in [0.2, 0.25) is 0 Å². The molecule has 1 aliphatic carbocycles. The van der Waals surface area contributed by atoms with Gasteiger partial charge in [-0.05, 0) is 30.5 Å². The molecule has 6 heteroatoms. The van der Waals surface area contributed by atoms with E-state index < -0.39 is 6.10 Å². The Hall–Kier alpha value is -2.86. The number of anilines is 1. The Labute approximate surface area is 154 Å². The molecular weight excluding hydrogens is 348 g/mol. The SMILES string of the molecule is O=C(Nc1nc2c(s1)CCc1ccccc1-2)[C@H]1COc2ccccc2O1. The van der Waals surface area contributed by atoms with Gasteiger partial charge < -0.3 is 9.47 Å². The summed E-state index contributed by atoms with van der Waals surface area (Å²) in [6.45, 7) is 0.191. The molecule has 0 radical (unpaired) electrons. The fourth-order valence-corrected chi connectivity index (χ4v) is 4.32. The molecule has 1 N–H and O–H groups in total. The molecular formula is C20H16N2O3S. The highest BCUT2D eigenvalue weighted by atomic mass is 32.1. The molecule has 2 heterocycles. The Bertz CT molecular complexity index is 998. The Balaban J connectivity index is 1.35. The summed E-state index contributed by atoms with van der Waals surface area (Å²) in [6, 6.07) is 15.7. The summed E-state index contributed by atoms with van der Waals surface area (Å²) in [5.74, 6) is 1.02. The van der Waals surface area contributed by atoms with Crippen LogP contribution in [-0.4, -0.2) is 23.6 Å². The molecule has 2 aromatic carbocycles. The van der Waals surface area contributed by atoms with Gasteiger partial charge in [0.2, 0.25) is 6.10 Å². The zero-order chi connectivity index (χ0) is 17.5. The van der Waals surface area contributed by atoms with Crippen LogP contribution in [0.5, 0.6) is 11.5 Å². The molecule has 1 atom stereocenters. The number of rotatable bonds is 2. The van der Waals surface area contributed by atoms with Crippen molar-refractivity contribution in [1.82, 2.24) is 4.98 Å².